The molecule has 4 aromatic rings. The molecule has 0 aliphatic rings. The summed E-state index contributed by atoms with van der Waals surface area (Å²) in [4.78, 5) is 20.5. The Hall–Kier alpha value is -3.41. The minimum Gasteiger partial charge on any atom is -0.478 e. The SMILES string of the molecule is CC(C)CNc1nc2ccccc2n2c(-c3ccc(C(=O)O)cc3)cnc12. The van der Waals surface area contributed by atoms with E-state index >= 15 is 0 Å². The number of fused-ring (bicyclic) bond motifs is 3. The van der Waals surface area contributed by atoms with Gasteiger partial charge in [-0.25, -0.2) is 14.8 Å². The zero-order valence-electron chi connectivity index (χ0n) is 15.2. The molecule has 0 radical (unpaired) electrons. The third kappa shape index (κ3) is 3.10. The Labute approximate surface area is 156 Å². The van der Waals surface area contributed by atoms with Gasteiger partial charge < -0.3 is 10.4 Å². The van der Waals surface area contributed by atoms with Crippen LogP contribution in [0.1, 0.15) is 24.2 Å². The van der Waals surface area contributed by atoms with Crippen LogP contribution in [0, 0.1) is 5.92 Å². The number of anilines is 1. The van der Waals surface area contributed by atoms with Crippen molar-refractivity contribution in [3.8, 4) is 11.3 Å². The average Bonchev–Trinajstić information content (AvgIpc) is 3.11. The highest BCUT2D eigenvalue weighted by atomic mass is 16.4. The summed E-state index contributed by atoms with van der Waals surface area (Å²) in [6.45, 7) is 5.09. The molecule has 0 saturated heterocycles. The van der Waals surface area contributed by atoms with E-state index in [-0.39, 0.29) is 5.56 Å². The van der Waals surface area contributed by atoms with E-state index in [9.17, 15) is 4.79 Å². The quantitative estimate of drug-likeness (QED) is 0.554. The largest absolute Gasteiger partial charge is 0.478 e. The molecule has 0 unspecified atom stereocenters. The summed E-state index contributed by atoms with van der Waals surface area (Å²) in [5, 5.41) is 12.5. The molecule has 0 atom stereocenters. The highest BCUT2D eigenvalue weighted by molar-refractivity contribution is 5.89. The van der Waals surface area contributed by atoms with Gasteiger partial charge in [-0.3, -0.25) is 4.40 Å². The number of carboxylic acid groups (broad SMARTS) is 1. The first-order chi connectivity index (χ1) is 13.0. The molecular weight excluding hydrogens is 340 g/mol. The number of hydrogen-bond donors (Lipinski definition) is 2. The van der Waals surface area contributed by atoms with Crippen LogP contribution >= 0.6 is 0 Å². The number of nitrogens with one attached hydrogen (secondary N) is 1. The lowest BCUT2D eigenvalue weighted by molar-refractivity contribution is 0.0697. The van der Waals surface area contributed by atoms with Crippen molar-refractivity contribution >= 4 is 28.5 Å². The van der Waals surface area contributed by atoms with Crippen molar-refractivity contribution in [1.29, 1.82) is 0 Å². The molecule has 0 saturated carbocycles. The Morgan fingerprint density at radius 2 is 1.89 bits per heavy atom. The second kappa shape index (κ2) is 6.72. The van der Waals surface area contributed by atoms with E-state index in [0.717, 1.165) is 40.3 Å². The number of benzene rings is 2. The van der Waals surface area contributed by atoms with Crippen LogP contribution in [0.25, 0.3) is 27.9 Å². The van der Waals surface area contributed by atoms with E-state index in [1.54, 1.807) is 18.3 Å². The van der Waals surface area contributed by atoms with Crippen molar-refractivity contribution < 1.29 is 9.90 Å². The Kier molecular flexibility index (Phi) is 4.24. The summed E-state index contributed by atoms with van der Waals surface area (Å²) < 4.78 is 2.07. The molecule has 27 heavy (non-hydrogen) atoms. The minimum absolute atomic E-state index is 0.262. The van der Waals surface area contributed by atoms with Gasteiger partial charge in [0.25, 0.3) is 0 Å². The monoisotopic (exact) mass is 360 g/mol. The van der Waals surface area contributed by atoms with Crippen LogP contribution in [-0.4, -0.2) is 32.0 Å². The highest BCUT2D eigenvalue weighted by Gasteiger charge is 2.15. The normalized spacial score (nSPS) is 11.4. The minimum atomic E-state index is -0.936. The van der Waals surface area contributed by atoms with Gasteiger partial charge in [0.15, 0.2) is 11.5 Å². The van der Waals surface area contributed by atoms with Gasteiger partial charge in [-0.15, -0.1) is 0 Å². The third-order valence-electron chi connectivity index (χ3n) is 4.43. The lowest BCUT2D eigenvalue weighted by Gasteiger charge is -2.12. The van der Waals surface area contributed by atoms with Crippen molar-refractivity contribution in [2.75, 3.05) is 11.9 Å². The number of nitrogens with zero attached hydrogens (tertiary/aromatic N) is 3. The maximum Gasteiger partial charge on any atom is 0.335 e. The zero-order chi connectivity index (χ0) is 19.0. The summed E-state index contributed by atoms with van der Waals surface area (Å²) in [6.07, 6.45) is 1.81. The van der Waals surface area contributed by atoms with E-state index in [2.05, 4.69) is 28.5 Å². The van der Waals surface area contributed by atoms with E-state index in [1.165, 1.54) is 0 Å². The molecule has 2 N–H and O–H groups in total. The average molecular weight is 360 g/mol. The van der Waals surface area contributed by atoms with Crippen LogP contribution < -0.4 is 5.32 Å². The first-order valence-corrected chi connectivity index (χ1v) is 8.88. The second-order valence-electron chi connectivity index (χ2n) is 6.91. The molecular formula is C21H20N4O2. The summed E-state index contributed by atoms with van der Waals surface area (Å²) in [6, 6.07) is 14.8. The molecule has 2 aromatic heterocycles. The lowest BCUT2D eigenvalue weighted by atomic mass is 10.1. The van der Waals surface area contributed by atoms with Gasteiger partial charge in [0.05, 0.1) is 28.5 Å². The molecule has 4 rings (SSSR count). The Morgan fingerprint density at radius 3 is 2.59 bits per heavy atom. The second-order valence-corrected chi connectivity index (χ2v) is 6.91. The number of para-hydroxylation sites is 2. The number of hydrogen-bond acceptors (Lipinski definition) is 4. The van der Waals surface area contributed by atoms with Crippen molar-refractivity contribution in [3.63, 3.8) is 0 Å². The van der Waals surface area contributed by atoms with Crippen LogP contribution in [-0.2, 0) is 0 Å². The fourth-order valence-electron chi connectivity index (χ4n) is 3.09. The van der Waals surface area contributed by atoms with Gasteiger partial charge in [0.1, 0.15) is 0 Å². The summed E-state index contributed by atoms with van der Waals surface area (Å²) in [7, 11) is 0. The molecule has 0 fully saturated rings. The predicted octanol–water partition coefficient (Wildman–Crippen LogP) is 4.32. The smallest absolute Gasteiger partial charge is 0.335 e. The number of carbonyl (C=O) groups is 1. The molecule has 6 heteroatoms. The molecule has 2 heterocycles. The maximum atomic E-state index is 11.1. The first-order valence-electron chi connectivity index (χ1n) is 8.88. The van der Waals surface area contributed by atoms with E-state index in [1.807, 2.05) is 36.4 Å². The van der Waals surface area contributed by atoms with E-state index in [0.29, 0.717) is 5.92 Å². The Balaban J connectivity index is 1.93. The van der Waals surface area contributed by atoms with Crippen LogP contribution in [0.4, 0.5) is 5.82 Å². The molecule has 0 amide bonds. The van der Waals surface area contributed by atoms with Crippen LogP contribution in [0.3, 0.4) is 0 Å². The molecule has 136 valence electrons. The lowest BCUT2D eigenvalue weighted by Crippen LogP contribution is -2.11. The summed E-state index contributed by atoms with van der Waals surface area (Å²) >= 11 is 0. The van der Waals surface area contributed by atoms with E-state index < -0.39 is 5.97 Å². The number of rotatable bonds is 5. The van der Waals surface area contributed by atoms with Gasteiger partial charge in [0, 0.05) is 12.1 Å². The first kappa shape index (κ1) is 17.0. The van der Waals surface area contributed by atoms with Crippen LogP contribution in [0.2, 0.25) is 0 Å². The van der Waals surface area contributed by atoms with Crippen LogP contribution in [0.5, 0.6) is 0 Å². The Bertz CT molecular complexity index is 1130. The fraction of sp³-hybridized carbons (Fsp3) is 0.190. The van der Waals surface area contributed by atoms with Gasteiger partial charge in [-0.2, -0.15) is 0 Å². The molecule has 6 nitrogen and oxygen atoms in total. The highest BCUT2D eigenvalue weighted by Crippen LogP contribution is 2.28. The summed E-state index contributed by atoms with van der Waals surface area (Å²) in [5.41, 5.74) is 4.65. The third-order valence-corrected chi connectivity index (χ3v) is 4.43. The predicted molar refractivity (Wildman–Crippen MR) is 106 cm³/mol. The zero-order valence-corrected chi connectivity index (χ0v) is 15.2. The van der Waals surface area contributed by atoms with Gasteiger partial charge in [0.2, 0.25) is 0 Å². The number of aromatic nitrogens is 3. The molecule has 0 spiro atoms. The molecule has 0 aliphatic carbocycles. The van der Waals surface area contributed by atoms with Crippen LogP contribution in [0.15, 0.2) is 54.7 Å². The van der Waals surface area contributed by atoms with Crippen molar-refractivity contribution in [3.05, 3.63) is 60.3 Å². The van der Waals surface area contributed by atoms with Gasteiger partial charge in [-0.1, -0.05) is 38.1 Å². The number of imidazole rings is 1. The summed E-state index contributed by atoms with van der Waals surface area (Å²) in [5.74, 6) is 0.293. The number of carboxylic acids is 1. The van der Waals surface area contributed by atoms with Crippen molar-refractivity contribution in [1.82, 2.24) is 14.4 Å². The van der Waals surface area contributed by atoms with Gasteiger partial charge >= 0.3 is 5.97 Å². The van der Waals surface area contributed by atoms with E-state index in [4.69, 9.17) is 10.1 Å². The number of aromatic carboxylic acids is 1. The standard InChI is InChI=1S/C21H20N4O2/c1-13(2)11-22-19-20-23-12-18(14-7-9-15(10-8-14)21(26)27)25(20)17-6-4-3-5-16(17)24-19/h3-10,12-13H,11H2,1-2H3,(H,22,24)(H,26,27). The maximum absolute atomic E-state index is 11.1. The van der Waals surface area contributed by atoms with Crippen molar-refractivity contribution in [2.24, 2.45) is 5.92 Å². The Morgan fingerprint density at radius 1 is 1.15 bits per heavy atom. The fourth-order valence-corrected chi connectivity index (χ4v) is 3.09. The van der Waals surface area contributed by atoms with Gasteiger partial charge in [-0.05, 0) is 30.2 Å². The molecule has 0 aliphatic heterocycles. The van der Waals surface area contributed by atoms with Crippen molar-refractivity contribution in [2.45, 2.75) is 13.8 Å². The topological polar surface area (TPSA) is 79.5 Å². The molecule has 2 aromatic carbocycles. The molecule has 0 bridgehead atoms.